The van der Waals surface area contributed by atoms with Gasteiger partial charge in [0.2, 0.25) is 0 Å². The van der Waals surface area contributed by atoms with Crippen LogP contribution in [0, 0.1) is 23.2 Å². The van der Waals surface area contributed by atoms with Gasteiger partial charge in [0, 0.05) is 19.1 Å². The molecule has 0 aromatic carbocycles. The molecular formula is C11H18N2O2. The largest absolute Gasteiger partial charge is 0.469 e. The van der Waals surface area contributed by atoms with Gasteiger partial charge in [0.05, 0.1) is 25.5 Å². The smallest absolute Gasteiger partial charge is 0.310 e. The van der Waals surface area contributed by atoms with E-state index in [0.29, 0.717) is 12.3 Å². The third kappa shape index (κ3) is 2.69. The molecule has 0 aliphatic carbocycles. The Morgan fingerprint density at radius 3 is 2.87 bits per heavy atom. The van der Waals surface area contributed by atoms with E-state index < -0.39 is 0 Å². The SMILES string of the molecule is COC(=O)C1CN(C(C)CC#N)CC1C. The Morgan fingerprint density at radius 2 is 2.33 bits per heavy atom. The second-order valence-corrected chi connectivity index (χ2v) is 4.27. The highest BCUT2D eigenvalue weighted by Crippen LogP contribution is 2.26. The lowest BCUT2D eigenvalue weighted by Crippen LogP contribution is -2.31. The van der Waals surface area contributed by atoms with E-state index in [1.54, 1.807) is 0 Å². The second kappa shape index (κ2) is 5.13. The van der Waals surface area contributed by atoms with Gasteiger partial charge in [-0.25, -0.2) is 0 Å². The normalized spacial score (nSPS) is 28.4. The quantitative estimate of drug-likeness (QED) is 0.653. The van der Waals surface area contributed by atoms with Crippen molar-refractivity contribution >= 4 is 5.97 Å². The molecule has 4 heteroatoms. The first-order valence-corrected chi connectivity index (χ1v) is 5.29. The van der Waals surface area contributed by atoms with E-state index in [9.17, 15) is 4.79 Å². The van der Waals surface area contributed by atoms with Crippen LogP contribution in [0.2, 0.25) is 0 Å². The molecule has 3 atom stereocenters. The van der Waals surface area contributed by atoms with Crippen LogP contribution in [0.15, 0.2) is 0 Å². The van der Waals surface area contributed by atoms with Crippen molar-refractivity contribution in [3.63, 3.8) is 0 Å². The fourth-order valence-corrected chi connectivity index (χ4v) is 2.08. The highest BCUT2D eigenvalue weighted by Gasteiger charge is 2.37. The summed E-state index contributed by atoms with van der Waals surface area (Å²) >= 11 is 0. The summed E-state index contributed by atoms with van der Waals surface area (Å²) in [4.78, 5) is 13.6. The average molecular weight is 210 g/mol. The summed E-state index contributed by atoms with van der Waals surface area (Å²) in [5.41, 5.74) is 0. The molecule has 1 aliphatic rings. The molecule has 0 aromatic heterocycles. The number of carbonyl (C=O) groups excluding carboxylic acids is 1. The second-order valence-electron chi connectivity index (χ2n) is 4.27. The maximum Gasteiger partial charge on any atom is 0.310 e. The fraction of sp³-hybridized carbons (Fsp3) is 0.818. The molecular weight excluding hydrogens is 192 g/mol. The minimum absolute atomic E-state index is 0.0313. The van der Waals surface area contributed by atoms with Gasteiger partial charge in [-0.05, 0) is 12.8 Å². The van der Waals surface area contributed by atoms with Crippen LogP contribution < -0.4 is 0 Å². The summed E-state index contributed by atoms with van der Waals surface area (Å²) < 4.78 is 4.76. The number of nitrogens with zero attached hydrogens (tertiary/aromatic N) is 2. The summed E-state index contributed by atoms with van der Waals surface area (Å²) in [5.74, 6) is 0.156. The van der Waals surface area contributed by atoms with Gasteiger partial charge in [-0.15, -0.1) is 0 Å². The zero-order valence-electron chi connectivity index (χ0n) is 9.56. The molecule has 0 saturated carbocycles. The third-order valence-corrected chi connectivity index (χ3v) is 3.15. The van der Waals surface area contributed by atoms with Gasteiger partial charge in [0.1, 0.15) is 0 Å². The molecule has 3 unspecified atom stereocenters. The summed E-state index contributed by atoms with van der Waals surface area (Å²) in [7, 11) is 1.43. The van der Waals surface area contributed by atoms with Crippen molar-refractivity contribution in [1.82, 2.24) is 4.90 Å². The third-order valence-electron chi connectivity index (χ3n) is 3.15. The molecule has 0 aromatic rings. The van der Waals surface area contributed by atoms with Crippen LogP contribution in [0.25, 0.3) is 0 Å². The molecule has 0 radical (unpaired) electrons. The lowest BCUT2D eigenvalue weighted by Gasteiger charge is -2.21. The average Bonchev–Trinajstić information content (AvgIpc) is 2.60. The van der Waals surface area contributed by atoms with E-state index >= 15 is 0 Å². The molecule has 1 heterocycles. The zero-order chi connectivity index (χ0) is 11.4. The van der Waals surface area contributed by atoms with Crippen LogP contribution in [0.4, 0.5) is 0 Å². The van der Waals surface area contributed by atoms with Crippen molar-refractivity contribution in [3.05, 3.63) is 0 Å². The number of ether oxygens (including phenoxy) is 1. The number of rotatable bonds is 3. The lowest BCUT2D eigenvalue weighted by molar-refractivity contribution is -0.146. The zero-order valence-corrected chi connectivity index (χ0v) is 9.56. The van der Waals surface area contributed by atoms with E-state index in [0.717, 1.165) is 13.1 Å². The molecule has 0 N–H and O–H groups in total. The molecule has 0 amide bonds. The summed E-state index contributed by atoms with van der Waals surface area (Å²) in [6.07, 6.45) is 0.514. The molecule has 1 aliphatic heterocycles. The van der Waals surface area contributed by atoms with E-state index in [2.05, 4.69) is 17.9 Å². The highest BCUT2D eigenvalue weighted by molar-refractivity contribution is 5.73. The van der Waals surface area contributed by atoms with Crippen molar-refractivity contribution < 1.29 is 9.53 Å². The van der Waals surface area contributed by atoms with Crippen LogP contribution >= 0.6 is 0 Å². The summed E-state index contributed by atoms with van der Waals surface area (Å²) in [5, 5.41) is 8.62. The van der Waals surface area contributed by atoms with Gasteiger partial charge in [-0.2, -0.15) is 5.26 Å². The number of esters is 1. The number of methoxy groups -OCH3 is 1. The van der Waals surface area contributed by atoms with Gasteiger partial charge in [0.15, 0.2) is 0 Å². The minimum atomic E-state index is -0.130. The maximum absolute atomic E-state index is 11.4. The predicted octanol–water partition coefficient (Wildman–Crippen LogP) is 1.03. The number of hydrogen-bond acceptors (Lipinski definition) is 4. The molecule has 1 rings (SSSR count). The first kappa shape index (κ1) is 12.0. The van der Waals surface area contributed by atoms with Gasteiger partial charge in [-0.1, -0.05) is 6.92 Å². The Labute approximate surface area is 90.8 Å². The number of carbonyl (C=O) groups is 1. The van der Waals surface area contributed by atoms with Crippen LogP contribution in [0.1, 0.15) is 20.3 Å². The summed E-state index contributed by atoms with van der Waals surface area (Å²) in [6, 6.07) is 2.39. The number of hydrogen-bond donors (Lipinski definition) is 0. The number of nitriles is 1. The Bertz CT molecular complexity index is 272. The monoisotopic (exact) mass is 210 g/mol. The predicted molar refractivity (Wildman–Crippen MR) is 55.9 cm³/mol. The van der Waals surface area contributed by atoms with Crippen molar-refractivity contribution in [3.8, 4) is 6.07 Å². The number of likely N-dealkylation sites (tertiary alicyclic amines) is 1. The Hall–Kier alpha value is -1.08. The van der Waals surface area contributed by atoms with E-state index in [4.69, 9.17) is 10.00 Å². The first-order chi connectivity index (χ1) is 7.10. The van der Waals surface area contributed by atoms with Crippen molar-refractivity contribution in [1.29, 1.82) is 5.26 Å². The minimum Gasteiger partial charge on any atom is -0.469 e. The molecule has 1 fully saturated rings. The van der Waals surface area contributed by atoms with Crippen molar-refractivity contribution in [2.45, 2.75) is 26.3 Å². The standard InChI is InChI=1S/C11H18N2O2/c1-8-6-13(9(2)4-5-12)7-10(8)11(14)15-3/h8-10H,4,6-7H2,1-3H3. The van der Waals surface area contributed by atoms with Crippen molar-refractivity contribution in [2.75, 3.05) is 20.2 Å². The Morgan fingerprint density at radius 1 is 1.67 bits per heavy atom. The highest BCUT2D eigenvalue weighted by atomic mass is 16.5. The van der Waals surface area contributed by atoms with Gasteiger partial charge in [-0.3, -0.25) is 9.69 Å². The Balaban J connectivity index is 2.56. The van der Waals surface area contributed by atoms with E-state index in [-0.39, 0.29) is 17.9 Å². The van der Waals surface area contributed by atoms with Gasteiger partial charge in [0.25, 0.3) is 0 Å². The molecule has 1 saturated heterocycles. The van der Waals surface area contributed by atoms with Crippen molar-refractivity contribution in [2.24, 2.45) is 11.8 Å². The van der Waals surface area contributed by atoms with E-state index in [1.807, 2.05) is 6.92 Å². The van der Waals surface area contributed by atoms with E-state index in [1.165, 1.54) is 7.11 Å². The summed E-state index contributed by atoms with van der Waals surface area (Å²) in [6.45, 7) is 5.68. The lowest BCUT2D eigenvalue weighted by atomic mass is 9.99. The van der Waals surface area contributed by atoms with Crippen LogP contribution in [-0.4, -0.2) is 37.1 Å². The molecule has 4 nitrogen and oxygen atoms in total. The first-order valence-electron chi connectivity index (χ1n) is 5.29. The maximum atomic E-state index is 11.4. The van der Waals surface area contributed by atoms with Gasteiger partial charge < -0.3 is 4.74 Å². The fourth-order valence-electron chi connectivity index (χ4n) is 2.08. The van der Waals surface area contributed by atoms with Crippen LogP contribution in [0.3, 0.4) is 0 Å². The van der Waals surface area contributed by atoms with Gasteiger partial charge >= 0.3 is 5.97 Å². The molecule has 0 bridgehead atoms. The molecule has 84 valence electrons. The van der Waals surface area contributed by atoms with Crippen LogP contribution in [-0.2, 0) is 9.53 Å². The Kier molecular flexibility index (Phi) is 4.10. The molecule has 0 spiro atoms. The molecule has 15 heavy (non-hydrogen) atoms. The van der Waals surface area contributed by atoms with Crippen LogP contribution in [0.5, 0.6) is 0 Å². The topological polar surface area (TPSA) is 53.3 Å².